The molecule has 21 heavy (non-hydrogen) atoms. The predicted molar refractivity (Wildman–Crippen MR) is 83.4 cm³/mol. The van der Waals surface area contributed by atoms with Gasteiger partial charge in [0.05, 0.1) is 12.2 Å². The van der Waals surface area contributed by atoms with E-state index in [0.29, 0.717) is 23.2 Å². The number of nitrogens with zero attached hydrogens (tertiary/aromatic N) is 3. The number of aryl methyl sites for hydroxylation is 1. The van der Waals surface area contributed by atoms with Gasteiger partial charge in [-0.1, -0.05) is 54.3 Å². The molecule has 0 N–H and O–H groups in total. The summed E-state index contributed by atoms with van der Waals surface area (Å²) in [4.78, 5) is 0. The van der Waals surface area contributed by atoms with Gasteiger partial charge in [0.1, 0.15) is 16.8 Å². The van der Waals surface area contributed by atoms with Crippen LogP contribution in [-0.2, 0) is 6.54 Å². The van der Waals surface area contributed by atoms with E-state index in [9.17, 15) is 5.26 Å². The summed E-state index contributed by atoms with van der Waals surface area (Å²) in [6.45, 7) is 2.68. The first-order valence-corrected chi connectivity index (χ1v) is 7.78. The number of benzene rings is 1. The minimum Gasteiger partial charge on any atom is -0.248 e. The summed E-state index contributed by atoms with van der Waals surface area (Å²) >= 11 is 6.38. The Hall–Kier alpha value is -1.79. The molecule has 0 unspecified atom stereocenters. The van der Waals surface area contributed by atoms with E-state index in [1.165, 1.54) is 18.4 Å². The average Bonchev–Trinajstić information content (AvgIpc) is 3.08. The molecule has 0 saturated heterocycles. The summed E-state index contributed by atoms with van der Waals surface area (Å²) in [5.41, 5.74) is 3.83. The van der Waals surface area contributed by atoms with Crippen LogP contribution in [0.1, 0.15) is 54.0 Å². The summed E-state index contributed by atoms with van der Waals surface area (Å²) in [6.07, 6.45) is 4.68. The van der Waals surface area contributed by atoms with Crippen LogP contribution in [0.25, 0.3) is 0 Å². The Morgan fingerprint density at radius 3 is 2.81 bits per heavy atom. The van der Waals surface area contributed by atoms with E-state index in [4.69, 9.17) is 11.6 Å². The van der Waals surface area contributed by atoms with E-state index in [1.54, 1.807) is 4.68 Å². The SMILES string of the molecule is Cc1cccc(Cn2nc(C3CCCC3)c(C#N)c2Cl)c1. The zero-order valence-electron chi connectivity index (χ0n) is 12.1. The molecular formula is C17H18ClN3. The maximum Gasteiger partial charge on any atom is 0.145 e. The molecular weight excluding hydrogens is 282 g/mol. The molecule has 1 aromatic carbocycles. The normalized spacial score (nSPS) is 15.3. The fraction of sp³-hybridized carbons (Fsp3) is 0.412. The molecule has 0 amide bonds. The Morgan fingerprint density at radius 1 is 1.38 bits per heavy atom. The maximum atomic E-state index is 9.40. The summed E-state index contributed by atoms with van der Waals surface area (Å²) in [7, 11) is 0. The molecule has 1 saturated carbocycles. The van der Waals surface area contributed by atoms with Gasteiger partial charge in [0.25, 0.3) is 0 Å². The van der Waals surface area contributed by atoms with Gasteiger partial charge in [-0.05, 0) is 25.3 Å². The lowest BCUT2D eigenvalue weighted by molar-refractivity contribution is 0.628. The molecule has 4 heteroatoms. The van der Waals surface area contributed by atoms with Gasteiger partial charge in [-0.25, -0.2) is 4.68 Å². The topological polar surface area (TPSA) is 41.6 Å². The van der Waals surface area contributed by atoms with Crippen molar-refractivity contribution in [2.24, 2.45) is 0 Å². The summed E-state index contributed by atoms with van der Waals surface area (Å²) in [5.74, 6) is 0.399. The fourth-order valence-electron chi connectivity index (χ4n) is 3.14. The lowest BCUT2D eigenvalue weighted by Crippen LogP contribution is -2.03. The maximum absolute atomic E-state index is 9.40. The third kappa shape index (κ3) is 2.82. The first kappa shape index (κ1) is 14.2. The van der Waals surface area contributed by atoms with Crippen molar-refractivity contribution in [3.05, 3.63) is 51.8 Å². The average molecular weight is 300 g/mol. The minimum absolute atomic E-state index is 0.399. The van der Waals surface area contributed by atoms with Crippen LogP contribution >= 0.6 is 11.6 Å². The quantitative estimate of drug-likeness (QED) is 0.841. The second kappa shape index (κ2) is 5.91. The van der Waals surface area contributed by atoms with E-state index in [1.807, 2.05) is 6.07 Å². The number of hydrogen-bond acceptors (Lipinski definition) is 2. The molecule has 1 aromatic heterocycles. The Kier molecular flexibility index (Phi) is 3.98. The fourth-order valence-corrected chi connectivity index (χ4v) is 3.37. The third-order valence-corrected chi connectivity index (χ3v) is 4.57. The van der Waals surface area contributed by atoms with Crippen LogP contribution in [0.15, 0.2) is 24.3 Å². The molecule has 2 aromatic rings. The van der Waals surface area contributed by atoms with Crippen LogP contribution < -0.4 is 0 Å². The van der Waals surface area contributed by atoms with Gasteiger partial charge in [-0.3, -0.25) is 0 Å². The van der Waals surface area contributed by atoms with E-state index < -0.39 is 0 Å². The molecule has 108 valence electrons. The Morgan fingerprint density at radius 2 is 2.14 bits per heavy atom. The predicted octanol–water partition coefficient (Wildman–Crippen LogP) is 4.42. The van der Waals surface area contributed by atoms with Gasteiger partial charge < -0.3 is 0 Å². The van der Waals surface area contributed by atoms with Crippen molar-refractivity contribution in [1.29, 1.82) is 5.26 Å². The summed E-state index contributed by atoms with van der Waals surface area (Å²) in [5, 5.41) is 14.5. The third-order valence-electron chi connectivity index (χ3n) is 4.19. The van der Waals surface area contributed by atoms with Crippen molar-refractivity contribution in [3.63, 3.8) is 0 Å². The molecule has 0 aliphatic heterocycles. The number of aromatic nitrogens is 2. The molecule has 0 bridgehead atoms. The van der Waals surface area contributed by atoms with Gasteiger partial charge in [0.15, 0.2) is 0 Å². The highest BCUT2D eigenvalue weighted by molar-refractivity contribution is 6.30. The molecule has 3 nitrogen and oxygen atoms in total. The molecule has 1 aliphatic rings. The van der Waals surface area contributed by atoms with E-state index in [2.05, 4.69) is 36.3 Å². The number of halogens is 1. The molecule has 0 atom stereocenters. The smallest absolute Gasteiger partial charge is 0.145 e. The van der Waals surface area contributed by atoms with Gasteiger partial charge in [-0.15, -0.1) is 0 Å². The van der Waals surface area contributed by atoms with E-state index in [-0.39, 0.29) is 0 Å². The zero-order chi connectivity index (χ0) is 14.8. The molecule has 1 heterocycles. The standard InChI is InChI=1S/C17H18ClN3/c1-12-5-4-6-13(9-12)11-21-17(18)15(10-19)16(20-21)14-7-2-3-8-14/h4-6,9,14H,2-3,7-8,11H2,1H3. The van der Waals surface area contributed by atoms with Crippen LogP contribution in [0.2, 0.25) is 5.15 Å². The van der Waals surface area contributed by atoms with Crippen LogP contribution in [0, 0.1) is 18.3 Å². The van der Waals surface area contributed by atoms with Crippen LogP contribution in [0.5, 0.6) is 0 Å². The highest BCUT2D eigenvalue weighted by atomic mass is 35.5. The van der Waals surface area contributed by atoms with Crippen molar-refractivity contribution >= 4 is 11.6 Å². The lowest BCUT2D eigenvalue weighted by Gasteiger charge is -2.06. The molecule has 0 radical (unpaired) electrons. The Labute approximate surface area is 130 Å². The monoisotopic (exact) mass is 299 g/mol. The zero-order valence-corrected chi connectivity index (χ0v) is 12.9. The summed E-state index contributed by atoms with van der Waals surface area (Å²) < 4.78 is 1.77. The molecule has 3 rings (SSSR count). The lowest BCUT2D eigenvalue weighted by atomic mass is 10.0. The van der Waals surface area contributed by atoms with E-state index >= 15 is 0 Å². The highest BCUT2D eigenvalue weighted by Gasteiger charge is 2.26. The van der Waals surface area contributed by atoms with Gasteiger partial charge >= 0.3 is 0 Å². The van der Waals surface area contributed by atoms with Gasteiger partial charge in [-0.2, -0.15) is 10.4 Å². The number of nitriles is 1. The number of hydrogen-bond donors (Lipinski definition) is 0. The second-order valence-corrected chi connectivity index (χ2v) is 6.15. The first-order chi connectivity index (χ1) is 10.2. The van der Waals surface area contributed by atoms with Gasteiger partial charge in [0, 0.05) is 5.92 Å². The first-order valence-electron chi connectivity index (χ1n) is 7.41. The van der Waals surface area contributed by atoms with Gasteiger partial charge in [0.2, 0.25) is 0 Å². The summed E-state index contributed by atoms with van der Waals surface area (Å²) in [6, 6.07) is 10.5. The van der Waals surface area contributed by atoms with E-state index in [0.717, 1.165) is 24.1 Å². The van der Waals surface area contributed by atoms with Crippen LogP contribution in [0.3, 0.4) is 0 Å². The van der Waals surface area contributed by atoms with Crippen LogP contribution in [-0.4, -0.2) is 9.78 Å². The number of rotatable bonds is 3. The van der Waals surface area contributed by atoms with Crippen LogP contribution in [0.4, 0.5) is 0 Å². The molecule has 1 fully saturated rings. The molecule has 1 aliphatic carbocycles. The van der Waals surface area contributed by atoms with Crippen molar-refractivity contribution in [3.8, 4) is 6.07 Å². The van der Waals surface area contributed by atoms with Crippen molar-refractivity contribution in [1.82, 2.24) is 9.78 Å². The van der Waals surface area contributed by atoms with Crippen molar-refractivity contribution in [2.45, 2.75) is 45.1 Å². The van der Waals surface area contributed by atoms with Crippen molar-refractivity contribution in [2.75, 3.05) is 0 Å². The molecule has 0 spiro atoms. The Balaban J connectivity index is 1.94. The minimum atomic E-state index is 0.399. The highest BCUT2D eigenvalue weighted by Crippen LogP contribution is 2.37. The van der Waals surface area contributed by atoms with Crippen molar-refractivity contribution < 1.29 is 0 Å². The largest absolute Gasteiger partial charge is 0.248 e. The second-order valence-electron chi connectivity index (χ2n) is 5.79. The Bertz CT molecular complexity index is 691.